The van der Waals surface area contributed by atoms with Crippen LogP contribution >= 0.6 is 0 Å². The first-order valence-electron chi connectivity index (χ1n) is 5.65. The van der Waals surface area contributed by atoms with Gasteiger partial charge in [-0.05, 0) is 17.5 Å². The van der Waals surface area contributed by atoms with E-state index in [4.69, 9.17) is 0 Å². The summed E-state index contributed by atoms with van der Waals surface area (Å²) in [7, 11) is 0. The fraction of sp³-hybridized carbons (Fsp3) is 0.500. The lowest BCUT2D eigenvalue weighted by molar-refractivity contribution is -0.110. The van der Waals surface area contributed by atoms with Gasteiger partial charge in [0.1, 0.15) is 6.29 Å². The van der Waals surface area contributed by atoms with Crippen molar-refractivity contribution in [1.82, 2.24) is 0 Å². The van der Waals surface area contributed by atoms with E-state index in [0.717, 1.165) is 23.8 Å². The Hall–Kier alpha value is -1.15. The summed E-state index contributed by atoms with van der Waals surface area (Å²) in [5.74, 6) is 0.0664. The van der Waals surface area contributed by atoms with Crippen molar-refractivity contribution in [3.63, 3.8) is 0 Å². The van der Waals surface area contributed by atoms with Gasteiger partial charge < -0.3 is 9.90 Å². The Morgan fingerprint density at radius 1 is 1.31 bits per heavy atom. The van der Waals surface area contributed by atoms with Crippen molar-refractivity contribution >= 4 is 6.29 Å². The van der Waals surface area contributed by atoms with Crippen LogP contribution in [-0.4, -0.2) is 18.0 Å². The van der Waals surface area contributed by atoms with Gasteiger partial charge in [-0.3, -0.25) is 0 Å². The quantitative estimate of drug-likeness (QED) is 0.773. The molecule has 0 aliphatic heterocycles. The summed E-state index contributed by atoms with van der Waals surface area (Å²) in [4.78, 5) is 10.5. The van der Waals surface area contributed by atoms with Crippen LogP contribution in [0.25, 0.3) is 0 Å². The summed E-state index contributed by atoms with van der Waals surface area (Å²) < 4.78 is 0. The molecule has 1 aromatic rings. The zero-order valence-electron chi connectivity index (χ0n) is 10.2. The van der Waals surface area contributed by atoms with Gasteiger partial charge in [0.2, 0.25) is 0 Å². The van der Waals surface area contributed by atoms with Crippen molar-refractivity contribution in [3.05, 3.63) is 35.4 Å². The normalized spacial score (nSPS) is 13.5. The zero-order valence-corrected chi connectivity index (χ0v) is 10.2. The maximum absolute atomic E-state index is 10.5. The fourth-order valence-electron chi connectivity index (χ4n) is 1.60. The Morgan fingerprint density at radius 2 is 1.88 bits per heavy atom. The molecular weight excluding hydrogens is 200 g/mol. The lowest BCUT2D eigenvalue weighted by Crippen LogP contribution is -2.21. The average Bonchev–Trinajstić information content (AvgIpc) is 2.29. The van der Waals surface area contributed by atoms with E-state index >= 15 is 0 Å². The summed E-state index contributed by atoms with van der Waals surface area (Å²) in [6.45, 7) is 6.07. The predicted octanol–water partition coefficient (Wildman–Crippen LogP) is 2.33. The van der Waals surface area contributed by atoms with Crippen molar-refractivity contribution in [2.45, 2.75) is 32.6 Å². The minimum atomic E-state index is -0.200. The molecule has 1 rings (SSSR count). The minimum absolute atomic E-state index is 0.0664. The highest BCUT2D eigenvalue weighted by atomic mass is 16.3. The highest BCUT2D eigenvalue weighted by molar-refractivity contribution is 5.53. The van der Waals surface area contributed by atoms with Gasteiger partial charge in [-0.1, -0.05) is 45.0 Å². The summed E-state index contributed by atoms with van der Waals surface area (Å²) in [6.07, 6.45) is 1.76. The van der Waals surface area contributed by atoms with Gasteiger partial charge in [-0.2, -0.15) is 0 Å². The lowest BCUT2D eigenvalue weighted by Gasteiger charge is -2.22. The standard InChI is InChI=1S/C14H20O2/c1-11(9-15)8-12-4-6-13(7-5-12)14(2,3)10-16/h4-7,9,11,16H,8,10H2,1-3H3. The summed E-state index contributed by atoms with van der Waals surface area (Å²) in [5, 5.41) is 9.25. The van der Waals surface area contributed by atoms with Gasteiger partial charge in [0.15, 0.2) is 0 Å². The number of carbonyl (C=O) groups excluding carboxylic acids is 1. The predicted molar refractivity (Wildman–Crippen MR) is 65.5 cm³/mol. The Morgan fingerprint density at radius 3 is 2.31 bits per heavy atom. The molecule has 1 aromatic carbocycles. The number of hydrogen-bond donors (Lipinski definition) is 1. The van der Waals surface area contributed by atoms with E-state index in [-0.39, 0.29) is 17.9 Å². The van der Waals surface area contributed by atoms with Crippen molar-refractivity contribution in [2.24, 2.45) is 5.92 Å². The monoisotopic (exact) mass is 220 g/mol. The second kappa shape index (κ2) is 5.26. The molecule has 0 heterocycles. The molecule has 0 saturated carbocycles. The first kappa shape index (κ1) is 12.9. The number of hydrogen-bond acceptors (Lipinski definition) is 2. The van der Waals surface area contributed by atoms with Gasteiger partial charge in [-0.15, -0.1) is 0 Å². The highest BCUT2D eigenvalue weighted by Gasteiger charge is 2.18. The van der Waals surface area contributed by atoms with Gasteiger partial charge >= 0.3 is 0 Å². The van der Waals surface area contributed by atoms with Crippen molar-refractivity contribution in [3.8, 4) is 0 Å². The van der Waals surface area contributed by atoms with E-state index in [1.54, 1.807) is 0 Å². The van der Waals surface area contributed by atoms with Gasteiger partial charge in [-0.25, -0.2) is 0 Å². The molecule has 1 unspecified atom stereocenters. The third kappa shape index (κ3) is 3.17. The zero-order chi connectivity index (χ0) is 12.2. The maximum atomic E-state index is 10.5. The van der Waals surface area contributed by atoms with Crippen LogP contribution < -0.4 is 0 Å². The molecule has 2 heteroatoms. The van der Waals surface area contributed by atoms with E-state index in [1.165, 1.54) is 0 Å². The largest absolute Gasteiger partial charge is 0.395 e. The van der Waals surface area contributed by atoms with E-state index in [0.29, 0.717) is 0 Å². The Labute approximate surface area is 97.3 Å². The third-order valence-corrected chi connectivity index (χ3v) is 2.92. The summed E-state index contributed by atoms with van der Waals surface area (Å²) in [5.41, 5.74) is 2.09. The molecule has 0 bridgehead atoms. The number of benzene rings is 1. The molecule has 1 atom stereocenters. The molecule has 0 radical (unpaired) electrons. The maximum Gasteiger partial charge on any atom is 0.123 e. The lowest BCUT2D eigenvalue weighted by atomic mass is 9.85. The van der Waals surface area contributed by atoms with Crippen LogP contribution in [0.5, 0.6) is 0 Å². The summed E-state index contributed by atoms with van der Waals surface area (Å²) in [6, 6.07) is 8.13. The number of aldehydes is 1. The molecule has 0 aliphatic rings. The van der Waals surface area contributed by atoms with Crippen LogP contribution in [0.4, 0.5) is 0 Å². The molecule has 16 heavy (non-hydrogen) atoms. The Bertz CT molecular complexity index is 338. The van der Waals surface area contributed by atoms with Crippen molar-refractivity contribution in [1.29, 1.82) is 0 Å². The number of aliphatic hydroxyl groups excluding tert-OH is 1. The smallest absolute Gasteiger partial charge is 0.123 e. The first-order chi connectivity index (χ1) is 7.49. The van der Waals surface area contributed by atoms with Crippen LogP contribution in [-0.2, 0) is 16.6 Å². The molecule has 0 aromatic heterocycles. The van der Waals surface area contributed by atoms with E-state index < -0.39 is 0 Å². The van der Waals surface area contributed by atoms with Crippen molar-refractivity contribution in [2.75, 3.05) is 6.61 Å². The topological polar surface area (TPSA) is 37.3 Å². The molecule has 2 nitrogen and oxygen atoms in total. The number of aliphatic hydroxyl groups is 1. The van der Waals surface area contributed by atoms with E-state index in [9.17, 15) is 9.90 Å². The van der Waals surface area contributed by atoms with E-state index in [2.05, 4.69) is 0 Å². The molecule has 0 spiro atoms. The van der Waals surface area contributed by atoms with Crippen LogP contribution in [0.1, 0.15) is 31.9 Å². The molecule has 1 N–H and O–H groups in total. The first-order valence-corrected chi connectivity index (χ1v) is 5.65. The average molecular weight is 220 g/mol. The van der Waals surface area contributed by atoms with Crippen molar-refractivity contribution < 1.29 is 9.90 Å². The van der Waals surface area contributed by atoms with Crippen LogP contribution in [0.3, 0.4) is 0 Å². The van der Waals surface area contributed by atoms with E-state index in [1.807, 2.05) is 45.0 Å². The molecular formula is C14H20O2. The molecule has 0 fully saturated rings. The molecule has 0 saturated heterocycles. The molecule has 88 valence electrons. The number of carbonyl (C=O) groups is 1. The summed E-state index contributed by atoms with van der Waals surface area (Å²) >= 11 is 0. The van der Waals surface area contributed by atoms with Gasteiger partial charge in [0.05, 0.1) is 6.61 Å². The van der Waals surface area contributed by atoms with Crippen LogP contribution in [0.2, 0.25) is 0 Å². The second-order valence-electron chi connectivity index (χ2n) is 5.06. The fourth-order valence-corrected chi connectivity index (χ4v) is 1.60. The SMILES string of the molecule is CC(C=O)Cc1ccc(C(C)(C)CO)cc1. The van der Waals surface area contributed by atoms with Gasteiger partial charge in [0.25, 0.3) is 0 Å². The molecule has 0 aliphatic carbocycles. The Balaban J connectivity index is 2.79. The Kier molecular flexibility index (Phi) is 4.25. The number of rotatable bonds is 5. The second-order valence-corrected chi connectivity index (χ2v) is 5.06. The third-order valence-electron chi connectivity index (χ3n) is 2.92. The van der Waals surface area contributed by atoms with Crippen LogP contribution in [0, 0.1) is 5.92 Å². The van der Waals surface area contributed by atoms with Gasteiger partial charge in [0, 0.05) is 11.3 Å². The van der Waals surface area contributed by atoms with Crippen LogP contribution in [0.15, 0.2) is 24.3 Å². The highest BCUT2D eigenvalue weighted by Crippen LogP contribution is 2.23. The minimum Gasteiger partial charge on any atom is -0.395 e. The molecule has 0 amide bonds.